The van der Waals surface area contributed by atoms with Gasteiger partial charge in [-0.3, -0.25) is 4.68 Å². The second-order valence-corrected chi connectivity index (χ2v) is 8.89. The maximum absolute atomic E-state index is 10.8. The lowest BCUT2D eigenvalue weighted by molar-refractivity contribution is -0.0472. The molecule has 33 heavy (non-hydrogen) atoms. The number of rotatable bonds is 6. The van der Waals surface area contributed by atoms with Crippen LogP contribution in [-0.4, -0.2) is 46.8 Å². The molecule has 1 saturated heterocycles. The molecule has 1 aromatic heterocycles. The lowest BCUT2D eigenvalue weighted by Gasteiger charge is -2.36. The van der Waals surface area contributed by atoms with Crippen molar-refractivity contribution in [2.24, 2.45) is 0 Å². The Morgan fingerprint density at radius 3 is 1.76 bits per heavy atom. The third kappa shape index (κ3) is 3.63. The molecule has 5 heteroatoms. The lowest BCUT2D eigenvalue weighted by atomic mass is 9.77. The number of anilines is 1. The number of hydrogen-bond acceptors (Lipinski definition) is 4. The molecule has 1 fully saturated rings. The van der Waals surface area contributed by atoms with Gasteiger partial charge in [0.25, 0.3) is 0 Å². The van der Waals surface area contributed by atoms with E-state index in [9.17, 15) is 5.11 Å². The second kappa shape index (κ2) is 8.50. The van der Waals surface area contributed by atoms with Gasteiger partial charge in [0.1, 0.15) is 17.2 Å². The van der Waals surface area contributed by atoms with Crippen molar-refractivity contribution in [3.63, 3.8) is 0 Å². The highest BCUT2D eigenvalue weighted by atomic mass is 16.5. The Bertz CT molecular complexity index is 1090. The van der Waals surface area contributed by atoms with Crippen molar-refractivity contribution in [3.05, 3.63) is 120 Å². The molecule has 1 aliphatic rings. The molecule has 5 nitrogen and oxygen atoms in total. The van der Waals surface area contributed by atoms with Crippen LogP contribution in [0.4, 0.5) is 5.82 Å². The van der Waals surface area contributed by atoms with Gasteiger partial charge in [-0.05, 0) is 23.6 Å². The fraction of sp³-hybridized carbons (Fsp3) is 0.250. The summed E-state index contributed by atoms with van der Waals surface area (Å²) in [6, 6.07) is 33.5. The number of aliphatic hydroxyl groups is 1. The molecule has 4 aromatic rings. The summed E-state index contributed by atoms with van der Waals surface area (Å²) < 4.78 is 7.59. The summed E-state index contributed by atoms with van der Waals surface area (Å²) in [5.74, 6) is 0.821. The third-order valence-electron chi connectivity index (χ3n) is 6.69. The van der Waals surface area contributed by atoms with E-state index in [0.29, 0.717) is 13.1 Å². The number of methoxy groups -OCH3 is 1. The normalized spacial score (nSPS) is 20.8. The highest BCUT2D eigenvalue weighted by Crippen LogP contribution is 2.41. The van der Waals surface area contributed by atoms with Crippen LogP contribution >= 0.6 is 0 Å². The molecule has 168 valence electrons. The average Bonchev–Trinajstić information content (AvgIpc) is 3.46. The smallest absolute Gasteiger partial charge is 0.150 e. The molecule has 0 aliphatic carbocycles. The fourth-order valence-electron chi connectivity index (χ4n) is 5.06. The molecule has 0 unspecified atom stereocenters. The zero-order valence-electron chi connectivity index (χ0n) is 19.0. The van der Waals surface area contributed by atoms with Crippen molar-refractivity contribution in [2.45, 2.75) is 24.2 Å². The predicted molar refractivity (Wildman–Crippen MR) is 130 cm³/mol. The first-order valence-corrected chi connectivity index (χ1v) is 11.3. The van der Waals surface area contributed by atoms with E-state index >= 15 is 0 Å². The molecule has 0 spiro atoms. The summed E-state index contributed by atoms with van der Waals surface area (Å²) in [7, 11) is 1.65. The summed E-state index contributed by atoms with van der Waals surface area (Å²) in [6.07, 6.45) is 1.78. The highest BCUT2D eigenvalue weighted by molar-refractivity contribution is 5.51. The van der Waals surface area contributed by atoms with Gasteiger partial charge >= 0.3 is 0 Å². The first kappa shape index (κ1) is 21.4. The number of hydrogen-bond donors (Lipinski definition) is 1. The molecule has 2 heterocycles. The fourth-order valence-corrected chi connectivity index (χ4v) is 5.06. The van der Waals surface area contributed by atoms with E-state index in [1.807, 2.05) is 37.4 Å². The first-order valence-electron chi connectivity index (χ1n) is 11.3. The Kier molecular flexibility index (Phi) is 5.52. The van der Waals surface area contributed by atoms with Crippen molar-refractivity contribution < 1.29 is 9.84 Å². The van der Waals surface area contributed by atoms with E-state index < -0.39 is 11.1 Å². The zero-order valence-corrected chi connectivity index (χ0v) is 19.0. The number of benzene rings is 3. The number of ether oxygens (including phenoxy) is 1. The minimum absolute atomic E-state index is 0.259. The van der Waals surface area contributed by atoms with Crippen LogP contribution < -0.4 is 4.90 Å². The third-order valence-corrected chi connectivity index (χ3v) is 6.69. The first-order chi connectivity index (χ1) is 16.1. The monoisotopic (exact) mass is 439 g/mol. The molecule has 3 aromatic carbocycles. The summed E-state index contributed by atoms with van der Waals surface area (Å²) in [4.78, 5) is 2.09. The lowest BCUT2D eigenvalue weighted by Crippen LogP contribution is -2.39. The largest absolute Gasteiger partial charge is 0.386 e. The quantitative estimate of drug-likeness (QED) is 0.455. The van der Waals surface area contributed by atoms with Gasteiger partial charge in [0.2, 0.25) is 0 Å². The Morgan fingerprint density at radius 1 is 0.848 bits per heavy atom. The molecular formula is C28H29N3O2. The molecule has 0 bridgehead atoms. The second-order valence-electron chi connectivity index (χ2n) is 8.89. The average molecular weight is 440 g/mol. The maximum Gasteiger partial charge on any atom is 0.150 e. The minimum atomic E-state index is -0.923. The van der Waals surface area contributed by atoms with Gasteiger partial charge in [0, 0.05) is 25.9 Å². The summed E-state index contributed by atoms with van der Waals surface area (Å²) in [5, 5.41) is 15.9. The predicted octanol–water partition coefficient (Wildman–Crippen LogP) is 4.31. The van der Waals surface area contributed by atoms with E-state index in [1.54, 1.807) is 7.11 Å². The topological polar surface area (TPSA) is 50.5 Å². The van der Waals surface area contributed by atoms with E-state index in [0.717, 1.165) is 22.5 Å². The van der Waals surface area contributed by atoms with Crippen molar-refractivity contribution in [1.82, 2.24) is 9.78 Å². The molecule has 2 atom stereocenters. The molecule has 0 radical (unpaired) electrons. The SMILES string of the molecule is CO[C@H]1CN(c2ccn(C(c3ccccc3)(c3ccccc3)c3ccccc3)n2)C[C@@]1(C)O. The molecular weight excluding hydrogens is 410 g/mol. The van der Waals surface area contributed by atoms with Gasteiger partial charge in [-0.1, -0.05) is 91.0 Å². The van der Waals surface area contributed by atoms with Crippen LogP contribution in [0.2, 0.25) is 0 Å². The molecule has 0 saturated carbocycles. The Labute approximate surface area is 194 Å². The van der Waals surface area contributed by atoms with Gasteiger partial charge in [0.05, 0.1) is 6.54 Å². The number of aromatic nitrogens is 2. The molecule has 0 amide bonds. The van der Waals surface area contributed by atoms with Crippen LogP contribution in [-0.2, 0) is 10.3 Å². The number of nitrogens with zero attached hydrogens (tertiary/aromatic N) is 3. The van der Waals surface area contributed by atoms with E-state index in [4.69, 9.17) is 9.84 Å². The summed E-state index contributed by atoms with van der Waals surface area (Å²) in [6.45, 7) is 2.88. The Hall–Kier alpha value is -3.41. The van der Waals surface area contributed by atoms with Gasteiger partial charge < -0.3 is 14.7 Å². The van der Waals surface area contributed by atoms with E-state index in [-0.39, 0.29) is 6.10 Å². The van der Waals surface area contributed by atoms with Gasteiger partial charge in [-0.25, -0.2) is 0 Å². The summed E-state index contributed by atoms with van der Waals surface area (Å²) >= 11 is 0. The van der Waals surface area contributed by atoms with Gasteiger partial charge in [0.15, 0.2) is 5.82 Å². The Balaban J connectivity index is 1.70. The van der Waals surface area contributed by atoms with Crippen molar-refractivity contribution >= 4 is 5.82 Å². The minimum Gasteiger partial charge on any atom is -0.386 e. The van der Waals surface area contributed by atoms with E-state index in [1.165, 1.54) is 0 Å². The summed E-state index contributed by atoms with van der Waals surface area (Å²) in [5.41, 5.74) is 1.81. The van der Waals surface area contributed by atoms with Gasteiger partial charge in [-0.15, -0.1) is 0 Å². The molecule has 1 aliphatic heterocycles. The number of β-amino-alcohol motifs (C(OH)–C–C–N with tert-alkyl or cyclic N) is 1. The zero-order chi connectivity index (χ0) is 22.9. The van der Waals surface area contributed by atoms with Crippen LogP contribution in [0.3, 0.4) is 0 Å². The van der Waals surface area contributed by atoms with Crippen LogP contribution in [0.1, 0.15) is 23.6 Å². The highest BCUT2D eigenvalue weighted by Gasteiger charge is 2.44. The standard InChI is InChI=1S/C28H29N3O2/c1-27(32)21-30(20-25(27)33-2)26-18-19-31(29-26)28(22-12-6-3-7-13-22,23-14-8-4-9-15-23)24-16-10-5-11-17-24/h3-19,25,32H,20-21H2,1-2H3/t25-,27+/m0/s1. The van der Waals surface area contributed by atoms with Crippen molar-refractivity contribution in [2.75, 3.05) is 25.1 Å². The van der Waals surface area contributed by atoms with E-state index in [2.05, 4.69) is 82.4 Å². The van der Waals surface area contributed by atoms with Crippen molar-refractivity contribution in [3.8, 4) is 0 Å². The van der Waals surface area contributed by atoms with Crippen LogP contribution in [0, 0.1) is 0 Å². The van der Waals surface area contributed by atoms with Crippen LogP contribution in [0.15, 0.2) is 103 Å². The van der Waals surface area contributed by atoms with Crippen LogP contribution in [0.25, 0.3) is 0 Å². The van der Waals surface area contributed by atoms with Gasteiger partial charge in [-0.2, -0.15) is 5.10 Å². The molecule has 1 N–H and O–H groups in total. The Morgan fingerprint density at radius 2 is 1.33 bits per heavy atom. The molecule has 5 rings (SSSR count). The van der Waals surface area contributed by atoms with Crippen molar-refractivity contribution in [1.29, 1.82) is 0 Å². The maximum atomic E-state index is 10.8. The van der Waals surface area contributed by atoms with Crippen LogP contribution in [0.5, 0.6) is 0 Å².